The number of pyridine rings is 1. The highest BCUT2D eigenvalue weighted by molar-refractivity contribution is 7.89. The number of carbonyl (C=O) groups is 2. The summed E-state index contributed by atoms with van der Waals surface area (Å²) in [5.74, 6) is -1.45. The Morgan fingerprint density at radius 3 is 2.45 bits per heavy atom. The van der Waals surface area contributed by atoms with E-state index in [0.717, 1.165) is 19.3 Å². The molecule has 2 aromatic carbocycles. The number of esters is 1. The number of para-hydroxylation sites is 1. The first-order chi connectivity index (χ1) is 19.2. The van der Waals surface area contributed by atoms with Crippen LogP contribution in [0.1, 0.15) is 56.7 Å². The van der Waals surface area contributed by atoms with Crippen LogP contribution in [-0.2, 0) is 21.3 Å². The number of hydrogen-bond donors (Lipinski definition) is 0. The number of aromatic nitrogens is 1. The molecule has 0 amide bonds. The normalized spacial score (nSPS) is 13.9. The van der Waals surface area contributed by atoms with Crippen LogP contribution in [0.2, 0.25) is 0 Å². The molecule has 11 heteroatoms. The Morgan fingerprint density at radius 1 is 1.02 bits per heavy atom. The molecule has 0 radical (unpaired) electrons. The minimum Gasteiger partial charge on any atom is -0.422 e. The van der Waals surface area contributed by atoms with Crippen LogP contribution in [0.5, 0.6) is 5.75 Å². The van der Waals surface area contributed by atoms with E-state index in [0.29, 0.717) is 18.7 Å². The van der Waals surface area contributed by atoms with Crippen LogP contribution in [0.25, 0.3) is 0 Å². The van der Waals surface area contributed by atoms with Gasteiger partial charge < -0.3 is 14.0 Å². The molecule has 0 bridgehead atoms. The topological polar surface area (TPSA) is 136 Å². The Kier molecular flexibility index (Phi) is 8.94. The smallest absolute Gasteiger partial charge is 0.343 e. The number of nitriles is 1. The zero-order valence-corrected chi connectivity index (χ0v) is 23.1. The summed E-state index contributed by atoms with van der Waals surface area (Å²) >= 11 is 0. The minimum absolute atomic E-state index is 0.0170. The molecule has 1 aliphatic heterocycles. The van der Waals surface area contributed by atoms with Gasteiger partial charge in [-0.3, -0.25) is 9.59 Å². The SMILES string of the molecule is COCCn1cc(C(=O)c2ccccc2OC(=O)c2ccc(C)c(S(=O)(=O)N3CCCCC3)c2)cc(C#N)c1=O. The average Bonchev–Trinajstić information content (AvgIpc) is 2.97. The Balaban J connectivity index is 1.64. The first-order valence-electron chi connectivity index (χ1n) is 12.8. The van der Waals surface area contributed by atoms with Gasteiger partial charge in [-0.25, -0.2) is 13.2 Å². The fraction of sp³-hybridized carbons (Fsp3) is 0.310. The van der Waals surface area contributed by atoms with Gasteiger partial charge in [0.1, 0.15) is 17.4 Å². The number of rotatable bonds is 9. The fourth-order valence-electron chi connectivity index (χ4n) is 4.50. The van der Waals surface area contributed by atoms with Crippen LogP contribution >= 0.6 is 0 Å². The summed E-state index contributed by atoms with van der Waals surface area (Å²) in [5.41, 5.74) is -0.145. The molecule has 1 saturated heterocycles. The van der Waals surface area contributed by atoms with Crippen LogP contribution in [0.3, 0.4) is 0 Å². The van der Waals surface area contributed by atoms with Gasteiger partial charge in [0.2, 0.25) is 10.0 Å². The first kappa shape index (κ1) is 28.9. The number of sulfonamides is 1. The highest BCUT2D eigenvalue weighted by Gasteiger charge is 2.28. The van der Waals surface area contributed by atoms with Crippen LogP contribution in [-0.4, -0.2) is 55.8 Å². The molecule has 1 fully saturated rings. The molecule has 2 heterocycles. The molecule has 1 aliphatic rings. The predicted molar refractivity (Wildman–Crippen MR) is 146 cm³/mol. The Morgan fingerprint density at radius 2 is 1.75 bits per heavy atom. The summed E-state index contributed by atoms with van der Waals surface area (Å²) in [7, 11) is -2.32. The molecule has 0 N–H and O–H groups in total. The van der Waals surface area contributed by atoms with Crippen LogP contribution < -0.4 is 10.3 Å². The summed E-state index contributed by atoms with van der Waals surface area (Å²) in [6.07, 6.45) is 3.87. The number of hydrogen-bond acceptors (Lipinski definition) is 8. The van der Waals surface area contributed by atoms with Crippen molar-refractivity contribution in [2.75, 3.05) is 26.8 Å². The summed E-state index contributed by atoms with van der Waals surface area (Å²) in [5, 5.41) is 9.41. The number of ketones is 1. The summed E-state index contributed by atoms with van der Waals surface area (Å²) < 4.78 is 39.8. The lowest BCUT2D eigenvalue weighted by molar-refractivity contribution is 0.0732. The maximum absolute atomic E-state index is 13.5. The monoisotopic (exact) mass is 563 g/mol. The van der Waals surface area contributed by atoms with Crippen molar-refractivity contribution in [1.29, 1.82) is 5.26 Å². The molecule has 0 aliphatic carbocycles. The average molecular weight is 564 g/mol. The number of nitrogens with zero attached hydrogens (tertiary/aromatic N) is 3. The lowest BCUT2D eigenvalue weighted by Crippen LogP contribution is -2.36. The highest BCUT2D eigenvalue weighted by atomic mass is 32.2. The van der Waals surface area contributed by atoms with Crippen LogP contribution in [0.4, 0.5) is 0 Å². The van der Waals surface area contributed by atoms with Crippen molar-refractivity contribution in [3.05, 3.63) is 92.9 Å². The lowest BCUT2D eigenvalue weighted by Gasteiger charge is -2.26. The van der Waals surface area contributed by atoms with Gasteiger partial charge in [0, 0.05) is 38.5 Å². The molecule has 0 spiro atoms. The number of carbonyl (C=O) groups excluding carboxylic acids is 2. The largest absolute Gasteiger partial charge is 0.422 e. The molecular formula is C29H29N3O7S. The van der Waals surface area contributed by atoms with Gasteiger partial charge in [0.25, 0.3) is 5.56 Å². The quantitative estimate of drug-likeness (QED) is 0.220. The third-order valence-corrected chi connectivity index (χ3v) is 8.74. The molecule has 1 aromatic heterocycles. The predicted octanol–water partition coefficient (Wildman–Crippen LogP) is 3.30. The molecule has 40 heavy (non-hydrogen) atoms. The van der Waals surface area contributed by atoms with E-state index in [1.807, 2.05) is 6.07 Å². The van der Waals surface area contributed by atoms with Crippen molar-refractivity contribution in [3.63, 3.8) is 0 Å². The van der Waals surface area contributed by atoms with E-state index in [2.05, 4.69) is 0 Å². The second kappa shape index (κ2) is 12.4. The number of ether oxygens (including phenoxy) is 2. The number of methoxy groups -OCH3 is 1. The number of aryl methyl sites for hydroxylation is 1. The Bertz CT molecular complexity index is 1650. The summed E-state index contributed by atoms with van der Waals surface area (Å²) in [6.45, 7) is 2.86. The third kappa shape index (κ3) is 6.04. The molecule has 208 valence electrons. The first-order valence-corrected chi connectivity index (χ1v) is 14.2. The molecule has 0 atom stereocenters. The maximum Gasteiger partial charge on any atom is 0.343 e. The second-order valence-electron chi connectivity index (χ2n) is 9.41. The molecule has 4 rings (SSSR count). The lowest BCUT2D eigenvalue weighted by atomic mass is 10.0. The zero-order valence-electron chi connectivity index (χ0n) is 22.3. The zero-order chi connectivity index (χ0) is 28.9. The van der Waals surface area contributed by atoms with E-state index in [1.54, 1.807) is 25.1 Å². The number of piperidine rings is 1. The second-order valence-corrected chi connectivity index (χ2v) is 11.3. The Labute approximate surface area is 232 Å². The van der Waals surface area contributed by atoms with E-state index in [1.165, 1.54) is 52.5 Å². The fourth-order valence-corrected chi connectivity index (χ4v) is 6.27. The van der Waals surface area contributed by atoms with Gasteiger partial charge in [-0.2, -0.15) is 9.57 Å². The van der Waals surface area contributed by atoms with Gasteiger partial charge in [-0.05, 0) is 55.7 Å². The van der Waals surface area contributed by atoms with E-state index < -0.39 is 27.3 Å². The van der Waals surface area contributed by atoms with E-state index in [4.69, 9.17) is 9.47 Å². The van der Waals surface area contributed by atoms with Crippen molar-refractivity contribution in [1.82, 2.24) is 8.87 Å². The van der Waals surface area contributed by atoms with Crippen molar-refractivity contribution < 1.29 is 27.5 Å². The van der Waals surface area contributed by atoms with E-state index in [9.17, 15) is 28.1 Å². The van der Waals surface area contributed by atoms with Crippen molar-refractivity contribution >= 4 is 21.8 Å². The number of benzene rings is 2. The Hall–Kier alpha value is -4.11. The minimum atomic E-state index is -3.79. The van der Waals surface area contributed by atoms with E-state index in [-0.39, 0.29) is 46.1 Å². The van der Waals surface area contributed by atoms with Gasteiger partial charge >= 0.3 is 5.97 Å². The van der Waals surface area contributed by atoms with Crippen molar-refractivity contribution in [3.8, 4) is 11.8 Å². The van der Waals surface area contributed by atoms with Gasteiger partial charge in [-0.15, -0.1) is 0 Å². The molecular weight excluding hydrogens is 534 g/mol. The van der Waals surface area contributed by atoms with Crippen LogP contribution in [0.15, 0.2) is 64.4 Å². The van der Waals surface area contributed by atoms with Crippen LogP contribution in [0, 0.1) is 18.3 Å². The molecule has 10 nitrogen and oxygen atoms in total. The molecule has 3 aromatic rings. The van der Waals surface area contributed by atoms with Crippen molar-refractivity contribution in [2.24, 2.45) is 0 Å². The maximum atomic E-state index is 13.5. The van der Waals surface area contributed by atoms with E-state index >= 15 is 0 Å². The standard InChI is InChI=1S/C29H29N3O7S/c1-20-10-11-21(17-26(20)40(36,37)32-12-6-3-7-13-32)29(35)39-25-9-5-4-8-24(25)27(33)23-16-22(18-30)28(34)31(19-23)14-15-38-2/h4-5,8-11,16-17,19H,3,6-7,12-15H2,1-2H3. The highest BCUT2D eigenvalue weighted by Crippen LogP contribution is 2.27. The molecule has 0 unspecified atom stereocenters. The van der Waals surface area contributed by atoms with Gasteiger partial charge in [0.15, 0.2) is 5.78 Å². The summed E-state index contributed by atoms with van der Waals surface area (Å²) in [6, 6.07) is 13.4. The van der Waals surface area contributed by atoms with Crippen molar-refractivity contribution in [2.45, 2.75) is 37.6 Å². The third-order valence-electron chi connectivity index (χ3n) is 6.70. The molecule has 0 saturated carbocycles. The van der Waals surface area contributed by atoms with Gasteiger partial charge in [0.05, 0.1) is 22.6 Å². The summed E-state index contributed by atoms with van der Waals surface area (Å²) in [4.78, 5) is 39.1. The van der Waals surface area contributed by atoms with Gasteiger partial charge in [-0.1, -0.05) is 24.6 Å².